The first-order chi connectivity index (χ1) is 14.6. The van der Waals surface area contributed by atoms with Crippen LogP contribution in [0.3, 0.4) is 0 Å². The highest BCUT2D eigenvalue weighted by atomic mass is 32.1. The number of hydrogen-bond acceptors (Lipinski definition) is 7. The molecule has 0 unspecified atom stereocenters. The number of aromatic nitrogens is 4. The Hall–Kier alpha value is -2.55. The van der Waals surface area contributed by atoms with Gasteiger partial charge in [-0.1, -0.05) is 30.2 Å². The van der Waals surface area contributed by atoms with Gasteiger partial charge in [-0.25, -0.2) is 15.0 Å². The summed E-state index contributed by atoms with van der Waals surface area (Å²) in [6.07, 6.45) is 6.73. The molecule has 0 aliphatic heterocycles. The van der Waals surface area contributed by atoms with Crippen molar-refractivity contribution < 1.29 is 10.2 Å². The maximum absolute atomic E-state index is 10.2. The van der Waals surface area contributed by atoms with Crippen molar-refractivity contribution in [3.05, 3.63) is 47.9 Å². The van der Waals surface area contributed by atoms with Crippen molar-refractivity contribution in [1.29, 1.82) is 0 Å². The van der Waals surface area contributed by atoms with E-state index in [1.165, 1.54) is 0 Å². The van der Waals surface area contributed by atoms with E-state index in [2.05, 4.69) is 27.4 Å². The summed E-state index contributed by atoms with van der Waals surface area (Å²) in [5.74, 6) is 0. The van der Waals surface area contributed by atoms with Gasteiger partial charge in [0.2, 0.25) is 0 Å². The summed E-state index contributed by atoms with van der Waals surface area (Å²) in [6, 6.07) is 8.26. The van der Waals surface area contributed by atoms with E-state index >= 15 is 0 Å². The van der Waals surface area contributed by atoms with Crippen molar-refractivity contribution in [1.82, 2.24) is 19.5 Å². The van der Waals surface area contributed by atoms with Crippen molar-refractivity contribution >= 4 is 37.8 Å². The normalized spacial score (nSPS) is 20.6. The zero-order valence-electron chi connectivity index (χ0n) is 16.8. The van der Waals surface area contributed by atoms with Crippen LogP contribution in [-0.2, 0) is 6.54 Å². The predicted molar refractivity (Wildman–Crippen MR) is 119 cm³/mol. The zero-order valence-corrected chi connectivity index (χ0v) is 17.6. The van der Waals surface area contributed by atoms with Gasteiger partial charge in [-0.05, 0) is 43.5 Å². The van der Waals surface area contributed by atoms with E-state index in [1.54, 1.807) is 30.8 Å². The number of anilines is 1. The topological polar surface area (TPSA) is 96.1 Å². The molecule has 3 atom stereocenters. The molecule has 1 aromatic carbocycles. The monoisotopic (exact) mass is 423 g/mol. The number of fused-ring (bicyclic) bond motifs is 2. The molecule has 4 aromatic rings. The lowest BCUT2D eigenvalue weighted by atomic mass is 9.93. The number of imidazole rings is 1. The van der Waals surface area contributed by atoms with Gasteiger partial charge in [0.1, 0.15) is 5.52 Å². The third-order valence-electron chi connectivity index (χ3n) is 5.80. The first-order valence-electron chi connectivity index (χ1n) is 10.4. The van der Waals surface area contributed by atoms with Crippen LogP contribution in [0.4, 0.5) is 5.13 Å². The summed E-state index contributed by atoms with van der Waals surface area (Å²) >= 11 is 1.63. The molecule has 0 bridgehead atoms. The Balaban J connectivity index is 1.37. The highest BCUT2D eigenvalue weighted by Gasteiger charge is 2.23. The van der Waals surface area contributed by atoms with E-state index < -0.39 is 6.10 Å². The van der Waals surface area contributed by atoms with Crippen molar-refractivity contribution in [3.8, 4) is 0 Å². The number of hydrogen-bond donors (Lipinski definition) is 3. The largest absolute Gasteiger partial charge is 0.391 e. The maximum Gasteiger partial charge on any atom is 0.184 e. The van der Waals surface area contributed by atoms with Crippen LogP contribution in [0.1, 0.15) is 49.8 Å². The molecule has 1 aliphatic carbocycles. The van der Waals surface area contributed by atoms with Gasteiger partial charge >= 0.3 is 0 Å². The van der Waals surface area contributed by atoms with Gasteiger partial charge < -0.3 is 20.1 Å². The third kappa shape index (κ3) is 3.78. The van der Waals surface area contributed by atoms with E-state index in [9.17, 15) is 10.2 Å². The SMILES string of the molecule is C[C@@H](O)c1cnc2c(c1)ncn2Cc1ccc2nc(N[C@@H]3CCCC[C@H]3O)sc2c1. The smallest absolute Gasteiger partial charge is 0.184 e. The lowest BCUT2D eigenvalue weighted by Crippen LogP contribution is -2.36. The van der Waals surface area contributed by atoms with Crippen LogP contribution in [0, 0.1) is 0 Å². The van der Waals surface area contributed by atoms with Gasteiger partial charge in [0.25, 0.3) is 0 Å². The molecule has 0 radical (unpaired) electrons. The number of thiazole rings is 1. The van der Waals surface area contributed by atoms with Crippen LogP contribution in [0.5, 0.6) is 0 Å². The quantitative estimate of drug-likeness (QED) is 0.451. The van der Waals surface area contributed by atoms with Crippen LogP contribution in [-0.4, -0.2) is 41.9 Å². The van der Waals surface area contributed by atoms with Gasteiger partial charge in [-0.2, -0.15) is 0 Å². The first-order valence-corrected chi connectivity index (χ1v) is 11.2. The van der Waals surface area contributed by atoms with Crippen LogP contribution in [0.2, 0.25) is 0 Å². The predicted octanol–water partition coefficient (Wildman–Crippen LogP) is 3.86. The molecule has 1 fully saturated rings. The molecule has 0 spiro atoms. The first kappa shape index (κ1) is 19.4. The van der Waals surface area contributed by atoms with E-state index in [-0.39, 0.29) is 12.1 Å². The highest BCUT2D eigenvalue weighted by molar-refractivity contribution is 7.22. The maximum atomic E-state index is 10.2. The van der Waals surface area contributed by atoms with Gasteiger partial charge in [0.15, 0.2) is 10.8 Å². The Kier molecular flexibility index (Phi) is 5.14. The van der Waals surface area contributed by atoms with E-state index in [4.69, 9.17) is 4.98 Å². The second kappa shape index (κ2) is 7.94. The fraction of sp³-hybridized carbons (Fsp3) is 0.409. The van der Waals surface area contributed by atoms with Gasteiger partial charge in [-0.3, -0.25) is 0 Å². The fourth-order valence-electron chi connectivity index (χ4n) is 4.07. The molecule has 5 rings (SSSR count). The lowest BCUT2D eigenvalue weighted by Gasteiger charge is -2.27. The number of rotatable bonds is 5. The second-order valence-electron chi connectivity index (χ2n) is 8.08. The summed E-state index contributed by atoms with van der Waals surface area (Å²) < 4.78 is 3.13. The number of nitrogens with one attached hydrogen (secondary N) is 1. The van der Waals surface area contributed by atoms with Crippen LogP contribution in [0.15, 0.2) is 36.8 Å². The molecule has 1 saturated carbocycles. The minimum atomic E-state index is -0.557. The molecule has 3 aromatic heterocycles. The van der Waals surface area contributed by atoms with Gasteiger partial charge in [0.05, 0.1) is 41.3 Å². The standard InChI is InChI=1S/C22H25N5O2S/c1-13(28)15-9-18-21(23-10-15)27(12-24-18)11-14-6-7-17-20(8-14)30-22(26-17)25-16-4-2-3-5-19(16)29/h6-10,12-13,16,19,28-29H,2-5,11H2,1H3,(H,25,26)/t13-,16-,19-/m1/s1. The summed E-state index contributed by atoms with van der Waals surface area (Å²) in [5.41, 5.74) is 4.46. The van der Waals surface area contributed by atoms with Crippen LogP contribution < -0.4 is 5.32 Å². The Morgan fingerprint density at radius 3 is 2.90 bits per heavy atom. The molecule has 1 aliphatic rings. The van der Waals surface area contributed by atoms with Gasteiger partial charge in [0, 0.05) is 11.8 Å². The summed E-state index contributed by atoms with van der Waals surface area (Å²) in [7, 11) is 0. The molecule has 30 heavy (non-hydrogen) atoms. The molecule has 8 heteroatoms. The molecular weight excluding hydrogens is 398 g/mol. The average molecular weight is 424 g/mol. The molecular formula is C22H25N5O2S. The van der Waals surface area contributed by atoms with Gasteiger partial charge in [-0.15, -0.1) is 0 Å². The third-order valence-corrected chi connectivity index (χ3v) is 6.75. The van der Waals surface area contributed by atoms with Crippen molar-refractivity contribution in [3.63, 3.8) is 0 Å². The van der Waals surface area contributed by atoms with Crippen molar-refractivity contribution in [2.45, 2.75) is 57.4 Å². The molecule has 3 heterocycles. The number of aliphatic hydroxyl groups excluding tert-OH is 2. The summed E-state index contributed by atoms with van der Waals surface area (Å²) in [4.78, 5) is 13.6. The van der Waals surface area contributed by atoms with Crippen molar-refractivity contribution in [2.75, 3.05) is 5.32 Å². The number of pyridine rings is 1. The summed E-state index contributed by atoms with van der Waals surface area (Å²) in [5, 5.41) is 24.3. The Morgan fingerprint density at radius 1 is 1.20 bits per heavy atom. The Morgan fingerprint density at radius 2 is 2.07 bits per heavy atom. The lowest BCUT2D eigenvalue weighted by molar-refractivity contribution is 0.116. The van der Waals surface area contributed by atoms with E-state index in [1.807, 2.05) is 16.7 Å². The van der Waals surface area contributed by atoms with Crippen molar-refractivity contribution in [2.24, 2.45) is 0 Å². The number of aliphatic hydroxyl groups is 2. The Bertz CT molecular complexity index is 1180. The zero-order chi connectivity index (χ0) is 20.7. The van der Waals surface area contributed by atoms with Crippen LogP contribution >= 0.6 is 11.3 Å². The minimum absolute atomic E-state index is 0.0914. The average Bonchev–Trinajstić information content (AvgIpc) is 3.32. The van der Waals surface area contributed by atoms with Crippen LogP contribution in [0.25, 0.3) is 21.4 Å². The Labute approximate surface area is 178 Å². The number of benzene rings is 1. The highest BCUT2D eigenvalue weighted by Crippen LogP contribution is 2.30. The molecule has 0 amide bonds. The molecule has 0 saturated heterocycles. The van der Waals surface area contributed by atoms with E-state index in [0.29, 0.717) is 6.54 Å². The van der Waals surface area contributed by atoms with E-state index in [0.717, 1.165) is 63.3 Å². The fourth-order valence-corrected chi connectivity index (χ4v) is 5.06. The second-order valence-corrected chi connectivity index (χ2v) is 9.11. The molecule has 156 valence electrons. The number of nitrogens with zero attached hydrogens (tertiary/aromatic N) is 4. The molecule has 7 nitrogen and oxygen atoms in total. The minimum Gasteiger partial charge on any atom is -0.391 e. The molecule has 3 N–H and O–H groups in total. The summed E-state index contributed by atoms with van der Waals surface area (Å²) in [6.45, 7) is 2.39.